The van der Waals surface area contributed by atoms with Crippen LogP contribution in [-0.2, 0) is 46.4 Å². The van der Waals surface area contributed by atoms with Crippen molar-refractivity contribution in [3.05, 3.63) is 178 Å². The summed E-state index contributed by atoms with van der Waals surface area (Å²) < 4.78 is 55.2. The number of hydrogen-bond acceptors (Lipinski definition) is 16. The van der Waals surface area contributed by atoms with E-state index >= 15 is 0 Å². The maximum absolute atomic E-state index is 12.7. The van der Waals surface area contributed by atoms with Crippen molar-refractivity contribution in [1.82, 2.24) is 0 Å². The maximum atomic E-state index is 12.7. The number of phenols is 2. The fourth-order valence-corrected chi connectivity index (χ4v) is 8.26. The quantitative estimate of drug-likeness (QED) is 0.0245. The van der Waals surface area contributed by atoms with Crippen molar-refractivity contribution in [3.8, 4) is 11.5 Å². The van der Waals surface area contributed by atoms with Crippen LogP contribution in [0.15, 0.2) is 187 Å². The van der Waals surface area contributed by atoms with E-state index < -0.39 is 78.2 Å². The number of halogens is 2. The number of phenolic OH excluding ortho intramolecular Hbond substituents is 2. The van der Waals surface area contributed by atoms with Crippen LogP contribution in [0.4, 0.5) is 34.1 Å². The molecule has 0 aliphatic rings. The van der Waals surface area contributed by atoms with E-state index in [1.165, 1.54) is 74.5 Å². The van der Waals surface area contributed by atoms with E-state index in [9.17, 15) is 66.7 Å². The Kier molecular flexibility index (Phi) is 19.7. The van der Waals surface area contributed by atoms with Crippen molar-refractivity contribution in [3.63, 3.8) is 0 Å². The number of para-hydroxylation sites is 4. The Labute approximate surface area is 435 Å². The first-order valence-electron chi connectivity index (χ1n) is 20.1. The molecular formula is C46H38Cl2CoN8O14S2. The third kappa shape index (κ3) is 15.3. The number of nitrogens with one attached hydrogen (secondary N) is 4. The second-order valence-corrected chi connectivity index (χ2v) is 18.5. The molecule has 0 aromatic heterocycles. The van der Waals surface area contributed by atoms with E-state index in [-0.39, 0.29) is 81.9 Å². The number of carboxylic acids is 2. The molecule has 27 heteroatoms. The van der Waals surface area contributed by atoms with E-state index in [0.717, 1.165) is 36.4 Å². The zero-order chi connectivity index (χ0) is 52.9. The molecule has 0 heterocycles. The van der Waals surface area contributed by atoms with Gasteiger partial charge in [-0.05, 0) is 86.6 Å². The molecule has 10 N–H and O–H groups in total. The number of amides is 2. The van der Waals surface area contributed by atoms with Crippen LogP contribution in [0.5, 0.6) is 11.5 Å². The van der Waals surface area contributed by atoms with Gasteiger partial charge in [-0.2, -0.15) is 0 Å². The van der Waals surface area contributed by atoms with Crippen LogP contribution >= 0.6 is 23.2 Å². The summed E-state index contributed by atoms with van der Waals surface area (Å²) in [4.78, 5) is 46.9. The molecule has 0 fully saturated rings. The zero-order valence-electron chi connectivity index (χ0n) is 37.3. The van der Waals surface area contributed by atoms with Crippen molar-refractivity contribution in [2.75, 3.05) is 20.1 Å². The second-order valence-electron chi connectivity index (χ2n) is 14.3. The first kappa shape index (κ1) is 57.2. The maximum Gasteiger partial charge on any atom is 0.337 e. The predicted molar refractivity (Wildman–Crippen MR) is 264 cm³/mol. The molecule has 0 saturated heterocycles. The Hall–Kier alpha value is -8.33. The Balaban J connectivity index is 0.000000312. The first-order valence-corrected chi connectivity index (χ1v) is 23.8. The Bertz CT molecular complexity index is 3230. The van der Waals surface area contributed by atoms with Gasteiger partial charge < -0.3 is 41.3 Å². The second kappa shape index (κ2) is 25.2. The summed E-state index contributed by atoms with van der Waals surface area (Å²) in [6.07, 6.45) is 0. The Morgan fingerprint density at radius 1 is 0.479 bits per heavy atom. The molecular weight excluding hydrogens is 1080 g/mol. The monoisotopic (exact) mass is 1120 g/mol. The molecule has 6 aromatic carbocycles. The summed E-state index contributed by atoms with van der Waals surface area (Å²) in [7, 11) is -8.55. The fourth-order valence-electron chi connectivity index (χ4n) is 5.69. The number of carboxylic acid groups (broad SMARTS) is 2. The number of aliphatic hydroxyl groups excluding tert-OH is 2. The van der Waals surface area contributed by atoms with E-state index in [4.69, 9.17) is 23.2 Å². The SMILES string of the molecule is C/C(O)=C(/N=Nc1ccc(S(=O)(=O)Nc2ccccc2C(=O)O)cc1O)C(=O)Nc1ccccc1Cl.C/C(O)=C(/N=Nc1ccc(S(=O)(=O)Nc2ccccc2C(=O)O)cc1O)C(=O)Nc1ccccc1Cl.[Co]. The summed E-state index contributed by atoms with van der Waals surface area (Å²) >= 11 is 12.0. The van der Waals surface area contributed by atoms with Gasteiger partial charge in [0, 0.05) is 28.9 Å². The molecule has 0 atom stereocenters. The van der Waals surface area contributed by atoms with Crippen molar-refractivity contribution < 1.29 is 83.4 Å². The van der Waals surface area contributed by atoms with Gasteiger partial charge in [0.05, 0.1) is 53.7 Å². The number of aromatic carboxylic acids is 2. The number of rotatable bonds is 16. The topological polar surface area (TPSA) is 355 Å². The number of azo groups is 2. The summed E-state index contributed by atoms with van der Waals surface area (Å²) in [5.74, 6) is -6.45. The normalized spacial score (nSPS) is 12.0. The molecule has 2 amide bonds. The number of hydrogen-bond donors (Lipinski definition) is 10. The molecule has 6 rings (SSSR count). The standard InChI is InChI=1S/2C23H19ClN4O7S.Co/c2*1-13(29)21(22(31)25-18-9-5-3-7-16(18)24)27-26-19-11-10-14(12-20(19)30)36(34,35)28-17-8-4-2-6-15(17)23(32)33;/h2*2-12,28-30H,1H3,(H,25,31)(H,32,33);/b2*21-13-,27-26?;. The van der Waals surface area contributed by atoms with E-state index in [2.05, 4.69) is 40.5 Å². The van der Waals surface area contributed by atoms with Crippen LogP contribution in [-0.4, -0.2) is 71.2 Å². The van der Waals surface area contributed by atoms with Gasteiger partial charge in [0.15, 0.2) is 11.4 Å². The molecule has 0 saturated carbocycles. The van der Waals surface area contributed by atoms with Crippen LogP contribution in [0.25, 0.3) is 0 Å². The zero-order valence-corrected chi connectivity index (χ0v) is 41.5. The number of carbonyl (C=O) groups excluding carboxylic acids is 2. The summed E-state index contributed by atoms with van der Waals surface area (Å²) in [5, 5.41) is 79.1. The minimum absolute atomic E-state index is 0. The van der Waals surface area contributed by atoms with Gasteiger partial charge >= 0.3 is 11.9 Å². The summed E-state index contributed by atoms with van der Waals surface area (Å²) in [6.45, 7) is 2.41. The number of aliphatic hydroxyl groups is 2. The molecule has 381 valence electrons. The Morgan fingerprint density at radius 2 is 0.795 bits per heavy atom. The van der Waals surface area contributed by atoms with Gasteiger partial charge in [-0.25, -0.2) is 26.4 Å². The van der Waals surface area contributed by atoms with Crippen molar-refractivity contribution in [2.24, 2.45) is 20.5 Å². The number of sulfonamides is 2. The van der Waals surface area contributed by atoms with Gasteiger partial charge in [0.1, 0.15) is 34.4 Å². The van der Waals surface area contributed by atoms with Gasteiger partial charge in [0.2, 0.25) is 0 Å². The van der Waals surface area contributed by atoms with Crippen LogP contribution < -0.4 is 20.1 Å². The van der Waals surface area contributed by atoms with Gasteiger partial charge in [-0.1, -0.05) is 71.7 Å². The first-order chi connectivity index (χ1) is 34.0. The van der Waals surface area contributed by atoms with Crippen LogP contribution in [0.3, 0.4) is 0 Å². The molecule has 0 bridgehead atoms. The molecule has 0 aliphatic heterocycles. The fraction of sp³-hybridized carbons (Fsp3) is 0.0435. The molecule has 1 radical (unpaired) electrons. The number of aromatic hydroxyl groups is 2. The predicted octanol–water partition coefficient (Wildman–Crippen LogP) is 10.1. The molecule has 0 unspecified atom stereocenters. The number of allylic oxidation sites excluding steroid dienone is 2. The van der Waals surface area contributed by atoms with Crippen LogP contribution in [0.2, 0.25) is 10.0 Å². The van der Waals surface area contributed by atoms with Crippen molar-refractivity contribution in [2.45, 2.75) is 23.6 Å². The Morgan fingerprint density at radius 3 is 1.10 bits per heavy atom. The van der Waals surface area contributed by atoms with E-state index in [0.29, 0.717) is 0 Å². The minimum atomic E-state index is -4.28. The van der Waals surface area contributed by atoms with Crippen molar-refractivity contribution in [1.29, 1.82) is 0 Å². The number of nitrogens with zero attached hydrogens (tertiary/aromatic N) is 4. The average molecular weight is 1120 g/mol. The van der Waals surface area contributed by atoms with Gasteiger partial charge in [0.25, 0.3) is 31.9 Å². The van der Waals surface area contributed by atoms with Crippen LogP contribution in [0.1, 0.15) is 34.6 Å². The average Bonchev–Trinajstić information content (AvgIpc) is 3.31. The molecule has 73 heavy (non-hydrogen) atoms. The molecule has 0 aliphatic carbocycles. The summed E-state index contributed by atoms with van der Waals surface area (Å²) in [5.41, 5.74) is -1.66. The van der Waals surface area contributed by atoms with E-state index in [1.807, 2.05) is 0 Å². The number of anilines is 4. The largest absolute Gasteiger partial charge is 0.510 e. The van der Waals surface area contributed by atoms with Crippen molar-refractivity contribution >= 4 is 101 Å². The smallest absolute Gasteiger partial charge is 0.337 e. The van der Waals surface area contributed by atoms with Crippen LogP contribution in [0, 0.1) is 0 Å². The third-order valence-electron chi connectivity index (χ3n) is 9.19. The minimum Gasteiger partial charge on any atom is -0.510 e. The number of benzene rings is 6. The molecule has 22 nitrogen and oxygen atoms in total. The van der Waals surface area contributed by atoms with Gasteiger partial charge in [-0.3, -0.25) is 19.0 Å². The summed E-state index contributed by atoms with van der Waals surface area (Å²) in [6, 6.07) is 29.8. The number of carbonyl (C=O) groups is 4. The molecule has 0 spiro atoms. The third-order valence-corrected chi connectivity index (χ3v) is 12.6. The van der Waals surface area contributed by atoms with Gasteiger partial charge in [-0.15, -0.1) is 20.5 Å². The molecule has 6 aromatic rings. The van der Waals surface area contributed by atoms with E-state index in [1.54, 1.807) is 36.4 Å².